The number of hydrogen-bond donors (Lipinski definition) is 1. The van der Waals surface area contributed by atoms with Gasteiger partial charge in [-0.2, -0.15) is 0 Å². The van der Waals surface area contributed by atoms with Crippen LogP contribution in [0.25, 0.3) is 0 Å². The molecule has 1 N–H and O–H groups in total. The van der Waals surface area contributed by atoms with Crippen molar-refractivity contribution in [1.29, 1.82) is 0 Å². The fraction of sp³-hybridized carbons (Fsp3) is 1.00. The van der Waals surface area contributed by atoms with E-state index in [-0.39, 0.29) is 22.0 Å². The zero-order chi connectivity index (χ0) is 3.41. The average Bonchev–Trinajstić information content (AvgIpc) is 1.37. The third-order valence-electron chi connectivity index (χ3n) is 0.0378. The molecule has 0 aliphatic rings. The summed E-state index contributed by atoms with van der Waals surface area (Å²) in [5, 5.41) is 7.90. The molecule has 0 aromatic heterocycles. The topological polar surface area (TPSA) is 20.2 Å². The summed E-state index contributed by atoms with van der Waals surface area (Å²) in [6.45, 7) is 0. The van der Waals surface area contributed by atoms with Crippen molar-refractivity contribution in [3.05, 3.63) is 0 Å². The summed E-state index contributed by atoms with van der Waals surface area (Å²) in [6.07, 6.45) is 0. The molecule has 0 bridgehead atoms. The Morgan fingerprint density at radius 2 is 2.25 bits per heavy atom. The summed E-state index contributed by atoms with van der Waals surface area (Å²) < 4.78 is 0. The molecule has 0 saturated carbocycles. The monoisotopic (exact) mass is 172 g/mol. The first kappa shape index (κ1) is 4.91. The van der Waals surface area contributed by atoms with E-state index < -0.39 is 0 Å². The van der Waals surface area contributed by atoms with Gasteiger partial charge in [-0.05, 0) is 0 Å². The number of halogens is 1. The Morgan fingerprint density at radius 1 is 2.00 bits per heavy atom. The van der Waals surface area contributed by atoms with Gasteiger partial charge < -0.3 is 0 Å². The maximum atomic E-state index is 7.77. The summed E-state index contributed by atoms with van der Waals surface area (Å²) in [7, 11) is 4.99. The molecule has 0 fully saturated rings. The van der Waals surface area contributed by atoms with Crippen molar-refractivity contribution >= 4 is 9.53 Å². The second kappa shape index (κ2) is 3.91. The van der Waals surface area contributed by atoms with E-state index in [9.17, 15) is 0 Å². The van der Waals surface area contributed by atoms with Crippen LogP contribution in [-0.2, 0) is 17.0 Å². The van der Waals surface area contributed by atoms with Crippen molar-refractivity contribution in [3.8, 4) is 0 Å². The number of rotatable bonds is 1. The molecule has 0 saturated heterocycles. The van der Waals surface area contributed by atoms with Gasteiger partial charge in [0.2, 0.25) is 0 Å². The van der Waals surface area contributed by atoms with Gasteiger partial charge >= 0.3 is 36.7 Å². The molecule has 0 amide bonds. The second-order valence-electron chi connectivity index (χ2n) is 0.185. The fourth-order valence-corrected chi connectivity index (χ4v) is 0. The summed E-state index contributed by atoms with van der Waals surface area (Å²) in [6, 6.07) is 0. The molecule has 0 unspecified atom stereocenters. The van der Waals surface area contributed by atoms with Crippen molar-refractivity contribution < 1.29 is 22.1 Å². The normalized spacial score (nSPS) is 8.50. The van der Waals surface area contributed by atoms with Crippen molar-refractivity contribution in [2.24, 2.45) is 0 Å². The molecule has 30 valence electrons. The third kappa shape index (κ3) is 2.91. The molecule has 0 aliphatic heterocycles. The summed E-state index contributed by atoms with van der Waals surface area (Å²) >= 11 is 0.0250. The second-order valence-corrected chi connectivity index (χ2v) is 2.09. The van der Waals surface area contributed by atoms with Gasteiger partial charge in [-0.25, -0.2) is 0 Å². The van der Waals surface area contributed by atoms with Gasteiger partial charge in [0.05, 0.1) is 0 Å². The Labute approximate surface area is 37.1 Å². The number of aliphatic hydroxyl groups excluding tert-OH is 1. The third-order valence-corrected chi connectivity index (χ3v) is 0.671. The zero-order valence-corrected chi connectivity index (χ0v) is 4.16. The van der Waals surface area contributed by atoms with Crippen LogP contribution in [0, 0.1) is 0 Å². The minimum atomic E-state index is 0.0250. The van der Waals surface area contributed by atoms with Crippen LogP contribution >= 0.6 is 9.53 Å². The molecule has 0 spiro atoms. The predicted octanol–water partition coefficient (Wildman–Crippen LogP) is 0.172. The SMILES string of the molecule is O[CH2][Pd][Cl]. The molecule has 3 heteroatoms. The van der Waals surface area contributed by atoms with E-state index in [0.29, 0.717) is 0 Å². The van der Waals surface area contributed by atoms with Crippen LogP contribution in [0.3, 0.4) is 0 Å². The Balaban J connectivity index is 1.97. The molecule has 4 heavy (non-hydrogen) atoms. The summed E-state index contributed by atoms with van der Waals surface area (Å²) in [5.74, 6) is 0. The molecule has 0 radical (unpaired) electrons. The standard InChI is InChI=1S/CH3O.ClH.Pd/c1-2;;/h2H,1H2;1H;/q;;+1/p-1. The quantitative estimate of drug-likeness (QED) is 0.560. The zero-order valence-electron chi connectivity index (χ0n) is 1.85. The van der Waals surface area contributed by atoms with Crippen molar-refractivity contribution in [1.82, 2.24) is 0 Å². The molecular formula is CH3ClOPd. The Bertz CT molecular complexity index is 10.0. The van der Waals surface area contributed by atoms with Crippen LogP contribution in [0.1, 0.15) is 0 Å². The summed E-state index contributed by atoms with van der Waals surface area (Å²) in [5.41, 5.74) is 0. The molecule has 0 rings (SSSR count). The fourth-order valence-electron chi connectivity index (χ4n) is 0. The molecule has 0 atom stereocenters. The molecule has 0 aliphatic carbocycles. The molecule has 0 aromatic rings. The predicted molar refractivity (Wildman–Crippen MR) is 12.9 cm³/mol. The van der Waals surface area contributed by atoms with Gasteiger partial charge in [0, 0.05) is 0 Å². The minimum absolute atomic E-state index is 0.0250. The Kier molecular flexibility index (Phi) is 4.80. The first-order valence-electron chi connectivity index (χ1n) is 0.659. The van der Waals surface area contributed by atoms with Crippen LogP contribution in [-0.4, -0.2) is 10.2 Å². The van der Waals surface area contributed by atoms with Crippen LogP contribution < -0.4 is 0 Å². The first-order valence-corrected chi connectivity index (χ1v) is 3.76. The van der Waals surface area contributed by atoms with Crippen LogP contribution in [0.2, 0.25) is 0 Å². The Morgan fingerprint density at radius 3 is 2.25 bits per heavy atom. The van der Waals surface area contributed by atoms with Crippen LogP contribution in [0.5, 0.6) is 0 Å². The number of aliphatic hydroxyl groups is 1. The van der Waals surface area contributed by atoms with Crippen molar-refractivity contribution in [2.45, 2.75) is 0 Å². The van der Waals surface area contributed by atoms with E-state index in [1.807, 2.05) is 0 Å². The van der Waals surface area contributed by atoms with Gasteiger partial charge in [0.15, 0.2) is 0 Å². The van der Waals surface area contributed by atoms with E-state index in [1.54, 1.807) is 0 Å². The van der Waals surface area contributed by atoms with E-state index in [1.165, 1.54) is 0 Å². The van der Waals surface area contributed by atoms with Gasteiger partial charge in [0.1, 0.15) is 0 Å². The molecule has 0 heterocycles. The van der Waals surface area contributed by atoms with Gasteiger partial charge in [0.25, 0.3) is 0 Å². The van der Waals surface area contributed by atoms with E-state index in [4.69, 9.17) is 14.6 Å². The van der Waals surface area contributed by atoms with E-state index in [0.717, 1.165) is 0 Å². The molecule has 1 nitrogen and oxygen atoms in total. The molecular weight excluding hydrogens is 170 g/mol. The van der Waals surface area contributed by atoms with Crippen LogP contribution in [0.15, 0.2) is 0 Å². The van der Waals surface area contributed by atoms with Crippen molar-refractivity contribution in [2.75, 3.05) is 5.08 Å². The van der Waals surface area contributed by atoms with Crippen LogP contribution in [0.4, 0.5) is 0 Å². The van der Waals surface area contributed by atoms with Gasteiger partial charge in [-0.3, -0.25) is 0 Å². The van der Waals surface area contributed by atoms with Crippen molar-refractivity contribution in [3.63, 3.8) is 0 Å². The number of hydrogen-bond acceptors (Lipinski definition) is 1. The first-order chi connectivity index (χ1) is 1.91. The summed E-state index contributed by atoms with van der Waals surface area (Å²) in [4.78, 5) is 0. The Hall–Kier alpha value is 0.912. The molecule has 0 aromatic carbocycles. The van der Waals surface area contributed by atoms with Gasteiger partial charge in [-0.15, -0.1) is 0 Å². The maximum absolute atomic E-state index is 7.77. The van der Waals surface area contributed by atoms with Gasteiger partial charge in [-0.1, -0.05) is 0 Å². The average molecular weight is 173 g/mol. The van der Waals surface area contributed by atoms with E-state index >= 15 is 0 Å². The van der Waals surface area contributed by atoms with E-state index in [2.05, 4.69) is 0 Å².